The molecule has 0 aromatic carbocycles. The van der Waals surface area contributed by atoms with E-state index in [1.807, 2.05) is 19.6 Å². The van der Waals surface area contributed by atoms with E-state index >= 15 is 0 Å². The molecule has 0 aromatic rings. The molecule has 88 heavy (non-hydrogen) atoms. The van der Waals surface area contributed by atoms with Crippen molar-refractivity contribution in [3.05, 3.63) is 0 Å². The number of ketones is 4. The van der Waals surface area contributed by atoms with Gasteiger partial charge in [0.2, 0.25) is 23.6 Å². The van der Waals surface area contributed by atoms with E-state index in [0.29, 0.717) is 52.4 Å². The van der Waals surface area contributed by atoms with Gasteiger partial charge in [-0.1, -0.05) is 13.8 Å². The number of amides is 4. The van der Waals surface area contributed by atoms with Crippen LogP contribution in [0.3, 0.4) is 0 Å². The number of aliphatic carboxylic acids is 2. The van der Waals surface area contributed by atoms with E-state index in [4.69, 9.17) is 35.5 Å². The fourth-order valence-corrected chi connectivity index (χ4v) is 10.2. The number of fused-ring (bicyclic) bond motifs is 12. The molecule has 4 heterocycles. The number of aliphatic hydroxyl groups is 3. The Hall–Kier alpha value is -7.14. The summed E-state index contributed by atoms with van der Waals surface area (Å²) >= 11 is 0. The monoisotopic (exact) mass is 1250 g/mol. The second kappa shape index (κ2) is 35.2. The Bertz CT molecular complexity index is 2480. The van der Waals surface area contributed by atoms with Gasteiger partial charge < -0.3 is 72.5 Å². The van der Waals surface area contributed by atoms with Gasteiger partial charge in [-0.05, 0) is 39.5 Å². The van der Waals surface area contributed by atoms with E-state index < -0.39 is 200 Å². The van der Waals surface area contributed by atoms with Crippen molar-refractivity contribution in [2.45, 2.75) is 135 Å². The predicted molar refractivity (Wildman–Crippen MR) is 303 cm³/mol. The Morgan fingerprint density at radius 1 is 0.614 bits per heavy atom. The van der Waals surface area contributed by atoms with Crippen molar-refractivity contribution >= 4 is 82.6 Å². The molecule has 494 valence electrons. The molecule has 33 heteroatoms. The molecule has 4 amide bonds. The molecule has 33 nitrogen and oxygen atoms in total. The highest BCUT2D eigenvalue weighted by molar-refractivity contribution is 5.98. The summed E-state index contributed by atoms with van der Waals surface area (Å²) in [6, 6.07) is -4.45. The van der Waals surface area contributed by atoms with Crippen LogP contribution in [0.15, 0.2) is 4.99 Å². The average Bonchev–Trinajstić information content (AvgIpc) is 3.27. The smallest absolute Gasteiger partial charge is 0.481 e. The summed E-state index contributed by atoms with van der Waals surface area (Å²) in [6.07, 6.45) is -11.7. The summed E-state index contributed by atoms with van der Waals surface area (Å²) in [5.74, 6) is -19.3. The van der Waals surface area contributed by atoms with Crippen LogP contribution in [0.2, 0.25) is 0 Å². The molecule has 0 aromatic heterocycles. The standard InChI is InChI=1S/C55H87N11O22/c1-30(2)48(41(72)19-34(7-6-10-58-54(56)57)50(80)62-49(33(5)69)42(73)21-36(29-67)51(81)60-31(3)40(71)20-35(53(83)84)22-44(75)76)61-52(82)39(32(4)68)23-37(70)8-9-43(74)59-24-38-25-63-11-13-64-15-17-66-18-16-65(14-12-63)27-46(78)87-55(85-38,86-45(77)26-64)88-47(79)28-66/h30-36,38-39,48-49,67-69H,6-29H2,1-5H3,(H,59,74)(H,60,81)(H,61,82)(H,62,80)(H,75,76)(H,83,84)(H4,56,57,58). The van der Waals surface area contributed by atoms with Crippen molar-refractivity contribution in [3.8, 4) is 0 Å². The number of carboxylic acid groups (broad SMARTS) is 2. The molecule has 4 rings (SSSR count). The fourth-order valence-electron chi connectivity index (χ4n) is 10.2. The lowest BCUT2D eigenvalue weighted by Gasteiger charge is -2.35. The van der Waals surface area contributed by atoms with Crippen LogP contribution >= 0.6 is 0 Å². The Morgan fingerprint density at radius 2 is 1.10 bits per heavy atom. The summed E-state index contributed by atoms with van der Waals surface area (Å²) in [5.41, 5.74) is 10.9. The summed E-state index contributed by atoms with van der Waals surface area (Å²) in [6.45, 7) is 8.06. The molecule has 12 atom stereocenters. The van der Waals surface area contributed by atoms with Crippen LogP contribution in [0.1, 0.15) is 92.4 Å². The number of aliphatic hydroxyl groups excluding tert-OH is 3. The van der Waals surface area contributed by atoms with E-state index in [0.717, 1.165) is 6.92 Å². The number of carboxylic acids is 2. The maximum absolute atomic E-state index is 14.2. The van der Waals surface area contributed by atoms with Crippen LogP contribution in [0.25, 0.3) is 0 Å². The van der Waals surface area contributed by atoms with Gasteiger partial charge in [0.1, 0.15) is 11.8 Å². The maximum Gasteiger partial charge on any atom is 0.566 e. The molecule has 0 aliphatic carbocycles. The first kappa shape index (κ1) is 73.3. The number of carbonyl (C=O) groups excluding carboxylic acids is 11. The van der Waals surface area contributed by atoms with Crippen molar-refractivity contribution in [1.29, 1.82) is 0 Å². The number of ether oxygens (including phenoxy) is 4. The first-order chi connectivity index (χ1) is 41.4. The van der Waals surface area contributed by atoms with Gasteiger partial charge in [0.05, 0.1) is 80.8 Å². The van der Waals surface area contributed by atoms with Crippen LogP contribution in [0.4, 0.5) is 0 Å². The first-order valence-electron chi connectivity index (χ1n) is 29.3. The Kier molecular flexibility index (Phi) is 29.3. The number of nitrogens with one attached hydrogen (secondary N) is 4. The molecule has 13 N–H and O–H groups in total. The van der Waals surface area contributed by atoms with Gasteiger partial charge in [0.25, 0.3) is 0 Å². The quantitative estimate of drug-likeness (QED) is 0.0126. The van der Waals surface area contributed by atoms with E-state index in [2.05, 4.69) is 26.3 Å². The molecule has 4 aliphatic rings. The second-order valence-corrected chi connectivity index (χ2v) is 23.0. The number of esters is 3. The number of hydrogen-bond acceptors (Lipinski definition) is 25. The molecular weight excluding hydrogens is 1170 g/mol. The number of guanidine groups is 1. The van der Waals surface area contributed by atoms with Crippen molar-refractivity contribution in [2.24, 2.45) is 46.0 Å². The largest absolute Gasteiger partial charge is 0.566 e. The van der Waals surface area contributed by atoms with Gasteiger partial charge in [-0.15, -0.1) is 0 Å². The Balaban J connectivity index is 1.42. The summed E-state index contributed by atoms with van der Waals surface area (Å²) in [7, 11) is 0. The first-order valence-corrected chi connectivity index (χ1v) is 29.3. The Labute approximate surface area is 508 Å². The van der Waals surface area contributed by atoms with E-state index in [9.17, 15) is 82.8 Å². The third kappa shape index (κ3) is 24.4. The number of aliphatic imine (C=N–C) groups is 1. The minimum Gasteiger partial charge on any atom is -0.481 e. The zero-order valence-electron chi connectivity index (χ0n) is 50.4. The average molecular weight is 1250 g/mol. The maximum atomic E-state index is 14.2. The van der Waals surface area contributed by atoms with E-state index in [-0.39, 0.29) is 58.1 Å². The zero-order chi connectivity index (χ0) is 65.6. The van der Waals surface area contributed by atoms with Crippen molar-refractivity contribution in [2.75, 3.05) is 98.2 Å². The molecule has 12 unspecified atom stereocenters. The van der Waals surface area contributed by atoms with Gasteiger partial charge in [-0.2, -0.15) is 0 Å². The summed E-state index contributed by atoms with van der Waals surface area (Å²) < 4.78 is 22.8. The lowest BCUT2D eigenvalue weighted by atomic mass is 9.87. The highest BCUT2D eigenvalue weighted by Crippen LogP contribution is 2.26. The molecule has 4 fully saturated rings. The lowest BCUT2D eigenvalue weighted by Crippen LogP contribution is -2.54. The van der Waals surface area contributed by atoms with Crippen molar-refractivity contribution in [3.63, 3.8) is 0 Å². The molecule has 0 saturated carbocycles. The lowest BCUT2D eigenvalue weighted by molar-refractivity contribution is -0.458. The predicted octanol–water partition coefficient (Wildman–Crippen LogP) is -5.43. The second-order valence-electron chi connectivity index (χ2n) is 23.0. The van der Waals surface area contributed by atoms with E-state index in [1.54, 1.807) is 13.8 Å². The molecular formula is C55H87N11O22. The van der Waals surface area contributed by atoms with E-state index in [1.165, 1.54) is 13.8 Å². The molecule has 0 radical (unpaired) electrons. The Morgan fingerprint density at radius 3 is 1.58 bits per heavy atom. The van der Waals surface area contributed by atoms with Crippen LogP contribution < -0.4 is 32.7 Å². The van der Waals surface area contributed by atoms with Gasteiger partial charge in [-0.25, -0.2) is 0 Å². The molecule has 4 saturated heterocycles. The van der Waals surface area contributed by atoms with Gasteiger partial charge >= 0.3 is 36.0 Å². The van der Waals surface area contributed by atoms with Gasteiger partial charge in [0, 0.05) is 116 Å². The van der Waals surface area contributed by atoms with Gasteiger partial charge in [-0.3, -0.25) is 91.7 Å². The minimum atomic E-state index is -2.96. The fraction of sp³-hybridized carbons (Fsp3) is 0.745. The highest BCUT2D eigenvalue weighted by Gasteiger charge is 2.51. The summed E-state index contributed by atoms with van der Waals surface area (Å²) in [4.78, 5) is 183. The number of carbonyl (C=O) groups is 13. The van der Waals surface area contributed by atoms with Crippen LogP contribution in [0.5, 0.6) is 0 Å². The van der Waals surface area contributed by atoms with Crippen LogP contribution in [0, 0.1) is 29.6 Å². The highest BCUT2D eigenvalue weighted by atomic mass is 17.0. The normalized spacial score (nSPS) is 24.5. The van der Waals surface area contributed by atoms with Gasteiger partial charge in [0.15, 0.2) is 23.3 Å². The van der Waals surface area contributed by atoms with Crippen LogP contribution in [-0.2, 0) is 81.3 Å². The van der Waals surface area contributed by atoms with Crippen molar-refractivity contribution < 1.29 is 107 Å². The number of rotatable bonds is 33. The molecule has 5 bridgehead atoms. The minimum absolute atomic E-state index is 0.0127. The zero-order valence-corrected chi connectivity index (χ0v) is 50.4. The summed E-state index contributed by atoms with van der Waals surface area (Å²) in [5, 5.41) is 59.9. The third-order valence-electron chi connectivity index (χ3n) is 15.4. The van der Waals surface area contributed by atoms with Crippen LogP contribution in [-0.4, -0.2) is 269 Å². The molecule has 1 spiro atoms. The number of hydrogen-bond donors (Lipinski definition) is 11. The number of nitrogens with zero attached hydrogens (tertiary/aromatic N) is 5. The topological polar surface area (TPSA) is 485 Å². The SMILES string of the molecule is CC(NC(=O)C(CO)CC(=O)C(NC(=O)C(CCCN=C(N)N)CC(=O)C(NC(=O)C(CC(=O)CCC(=O)NCC1CN2CCN3CCN4CCN(CC2)CC(=O)OC(OC(=O)C4)(OC(=O)C3)O1)C(C)O)C(C)C)C(C)O)C(=O)CC(CC(=O)O)C(=O)O. The number of Topliss-reactive ketones (excluding diaryl/α,β-unsaturated/α-hetero) is 4. The third-order valence-corrected chi connectivity index (χ3v) is 15.4. The van der Waals surface area contributed by atoms with Crippen molar-refractivity contribution in [1.82, 2.24) is 40.9 Å². The number of nitrogens with two attached hydrogens (primary N) is 2. The molecule has 4 aliphatic heterocycles.